The zero-order valence-electron chi connectivity index (χ0n) is 14.1. The minimum atomic E-state index is -0.878. The fraction of sp³-hybridized carbons (Fsp3) is 0.588. The lowest BCUT2D eigenvalue weighted by atomic mass is 9.74. The van der Waals surface area contributed by atoms with Crippen molar-refractivity contribution in [2.24, 2.45) is 5.92 Å². The molecule has 0 bridgehead atoms. The molecule has 0 radical (unpaired) electrons. The van der Waals surface area contributed by atoms with E-state index in [9.17, 15) is 19.5 Å². The molecule has 1 heterocycles. The quantitative estimate of drug-likeness (QED) is 0.742. The number of aromatic nitrogens is 1. The van der Waals surface area contributed by atoms with Crippen molar-refractivity contribution in [3.05, 3.63) is 22.5 Å². The lowest BCUT2D eigenvalue weighted by Gasteiger charge is -2.39. The maximum absolute atomic E-state index is 12.6. The number of rotatable bonds is 4. The molecule has 6 nitrogen and oxygen atoms in total. The minimum absolute atomic E-state index is 0.0948. The average molecular weight is 320 g/mol. The van der Waals surface area contributed by atoms with Gasteiger partial charge in [0.1, 0.15) is 5.69 Å². The summed E-state index contributed by atoms with van der Waals surface area (Å²) in [7, 11) is 0. The van der Waals surface area contributed by atoms with Crippen LogP contribution >= 0.6 is 0 Å². The smallest absolute Gasteiger partial charge is 0.308 e. The number of H-pyrrole nitrogens is 1. The number of hydrogen-bond donors (Lipinski definition) is 3. The van der Waals surface area contributed by atoms with Gasteiger partial charge in [0.15, 0.2) is 5.78 Å². The first-order valence-electron chi connectivity index (χ1n) is 7.93. The predicted octanol–water partition coefficient (Wildman–Crippen LogP) is 2.60. The molecule has 2 atom stereocenters. The molecule has 0 aromatic carbocycles. The van der Waals surface area contributed by atoms with E-state index in [0.29, 0.717) is 35.4 Å². The largest absolute Gasteiger partial charge is 0.481 e. The van der Waals surface area contributed by atoms with Crippen LogP contribution in [0.5, 0.6) is 0 Å². The second-order valence-electron chi connectivity index (χ2n) is 6.69. The third-order valence-electron chi connectivity index (χ3n) is 4.92. The highest BCUT2D eigenvalue weighted by atomic mass is 16.4. The molecule has 126 valence electrons. The number of carboxylic acids is 1. The SMILES string of the molecule is CC(=O)c1c(C)[nH]c(C(=O)NC2(C)CCCCC2C(=O)O)c1C. The second kappa shape index (κ2) is 6.18. The van der Waals surface area contributed by atoms with Crippen LogP contribution in [0.3, 0.4) is 0 Å². The van der Waals surface area contributed by atoms with E-state index in [0.717, 1.165) is 12.8 Å². The van der Waals surface area contributed by atoms with Crippen LogP contribution in [0.25, 0.3) is 0 Å². The molecular formula is C17H24N2O4. The molecule has 1 amide bonds. The van der Waals surface area contributed by atoms with Gasteiger partial charge in [-0.15, -0.1) is 0 Å². The van der Waals surface area contributed by atoms with Crippen LogP contribution in [-0.2, 0) is 4.79 Å². The van der Waals surface area contributed by atoms with E-state index in [-0.39, 0.29) is 11.7 Å². The van der Waals surface area contributed by atoms with Crippen LogP contribution in [0.2, 0.25) is 0 Å². The van der Waals surface area contributed by atoms with Crippen molar-refractivity contribution in [2.75, 3.05) is 0 Å². The topological polar surface area (TPSA) is 99.3 Å². The first kappa shape index (κ1) is 17.2. The van der Waals surface area contributed by atoms with Crippen molar-refractivity contribution in [1.82, 2.24) is 10.3 Å². The number of aromatic amines is 1. The van der Waals surface area contributed by atoms with E-state index in [1.54, 1.807) is 20.8 Å². The molecule has 2 rings (SSSR count). The van der Waals surface area contributed by atoms with Crippen molar-refractivity contribution in [3.8, 4) is 0 Å². The number of aliphatic carboxylic acids is 1. The number of aryl methyl sites for hydroxylation is 1. The molecule has 0 saturated heterocycles. The van der Waals surface area contributed by atoms with Crippen LogP contribution in [0, 0.1) is 19.8 Å². The molecular weight excluding hydrogens is 296 g/mol. The Morgan fingerprint density at radius 2 is 1.91 bits per heavy atom. The van der Waals surface area contributed by atoms with Crippen molar-refractivity contribution in [1.29, 1.82) is 0 Å². The Hall–Kier alpha value is -2.11. The number of carboxylic acid groups (broad SMARTS) is 1. The summed E-state index contributed by atoms with van der Waals surface area (Å²) < 4.78 is 0. The van der Waals surface area contributed by atoms with Crippen LogP contribution in [0.1, 0.15) is 71.6 Å². The maximum Gasteiger partial charge on any atom is 0.308 e. The zero-order valence-corrected chi connectivity index (χ0v) is 14.1. The standard InChI is InChI=1S/C17H24N2O4/c1-9-13(11(3)20)10(2)18-14(9)15(21)19-17(4)8-6-5-7-12(17)16(22)23/h12,18H,5-8H2,1-4H3,(H,19,21)(H,22,23). The van der Waals surface area contributed by atoms with E-state index in [1.807, 2.05) is 0 Å². The molecule has 0 spiro atoms. The number of ketones is 1. The fourth-order valence-electron chi connectivity index (χ4n) is 3.71. The molecule has 6 heteroatoms. The number of Topliss-reactive ketones (excluding diaryl/α,β-unsaturated/α-hetero) is 1. The first-order valence-corrected chi connectivity index (χ1v) is 7.93. The Morgan fingerprint density at radius 3 is 2.43 bits per heavy atom. The highest BCUT2D eigenvalue weighted by Gasteiger charge is 2.42. The minimum Gasteiger partial charge on any atom is -0.481 e. The van der Waals surface area contributed by atoms with Gasteiger partial charge in [0.05, 0.1) is 11.5 Å². The van der Waals surface area contributed by atoms with Crippen molar-refractivity contribution < 1.29 is 19.5 Å². The molecule has 1 aromatic rings. The summed E-state index contributed by atoms with van der Waals surface area (Å²) in [6, 6.07) is 0. The molecule has 0 aliphatic heterocycles. The van der Waals surface area contributed by atoms with Gasteiger partial charge in [-0.05, 0) is 46.1 Å². The molecule has 23 heavy (non-hydrogen) atoms. The number of hydrogen-bond acceptors (Lipinski definition) is 3. The summed E-state index contributed by atoms with van der Waals surface area (Å²) in [6.07, 6.45) is 2.95. The summed E-state index contributed by atoms with van der Waals surface area (Å²) in [5.41, 5.74) is 1.35. The van der Waals surface area contributed by atoms with E-state index >= 15 is 0 Å². The highest BCUT2D eigenvalue weighted by molar-refractivity contribution is 6.02. The van der Waals surface area contributed by atoms with Gasteiger partial charge in [0, 0.05) is 11.3 Å². The van der Waals surface area contributed by atoms with Gasteiger partial charge in [0.25, 0.3) is 5.91 Å². The highest BCUT2D eigenvalue weighted by Crippen LogP contribution is 2.34. The van der Waals surface area contributed by atoms with Gasteiger partial charge in [0.2, 0.25) is 0 Å². The Kier molecular flexibility index (Phi) is 4.63. The lowest BCUT2D eigenvalue weighted by Crippen LogP contribution is -2.55. The van der Waals surface area contributed by atoms with Gasteiger partial charge in [-0.3, -0.25) is 14.4 Å². The van der Waals surface area contributed by atoms with Crippen LogP contribution in [-0.4, -0.2) is 33.3 Å². The number of carbonyl (C=O) groups is 3. The number of carbonyl (C=O) groups excluding carboxylic acids is 2. The molecule has 2 unspecified atom stereocenters. The average Bonchev–Trinajstić information content (AvgIpc) is 2.73. The number of nitrogens with one attached hydrogen (secondary N) is 2. The van der Waals surface area contributed by atoms with Gasteiger partial charge >= 0.3 is 5.97 Å². The van der Waals surface area contributed by atoms with Crippen molar-refractivity contribution in [3.63, 3.8) is 0 Å². The van der Waals surface area contributed by atoms with E-state index in [2.05, 4.69) is 10.3 Å². The van der Waals surface area contributed by atoms with E-state index in [4.69, 9.17) is 0 Å². The van der Waals surface area contributed by atoms with Crippen LogP contribution in [0.15, 0.2) is 0 Å². The molecule has 1 aliphatic rings. The summed E-state index contributed by atoms with van der Waals surface area (Å²) in [5.74, 6) is -1.92. The van der Waals surface area contributed by atoms with Crippen molar-refractivity contribution >= 4 is 17.7 Å². The first-order chi connectivity index (χ1) is 10.7. The summed E-state index contributed by atoms with van der Waals surface area (Å²) in [5, 5.41) is 12.3. The Bertz CT molecular complexity index is 662. The van der Waals surface area contributed by atoms with Gasteiger partial charge < -0.3 is 15.4 Å². The molecule has 1 aliphatic carbocycles. The molecule has 1 saturated carbocycles. The van der Waals surface area contributed by atoms with Gasteiger partial charge in [-0.2, -0.15) is 0 Å². The number of amides is 1. The second-order valence-corrected chi connectivity index (χ2v) is 6.69. The third kappa shape index (κ3) is 3.16. The Labute approximate surface area is 135 Å². The molecule has 1 aromatic heterocycles. The Morgan fingerprint density at radius 1 is 1.26 bits per heavy atom. The summed E-state index contributed by atoms with van der Waals surface area (Å²) in [6.45, 7) is 6.74. The van der Waals surface area contributed by atoms with Gasteiger partial charge in [-0.25, -0.2) is 0 Å². The van der Waals surface area contributed by atoms with Gasteiger partial charge in [-0.1, -0.05) is 12.8 Å². The van der Waals surface area contributed by atoms with Crippen LogP contribution < -0.4 is 5.32 Å². The van der Waals surface area contributed by atoms with Crippen LogP contribution in [0.4, 0.5) is 0 Å². The van der Waals surface area contributed by atoms with Crippen molar-refractivity contribution in [2.45, 2.75) is 58.9 Å². The summed E-state index contributed by atoms with van der Waals surface area (Å²) in [4.78, 5) is 38.8. The maximum atomic E-state index is 12.6. The summed E-state index contributed by atoms with van der Waals surface area (Å²) >= 11 is 0. The Balaban J connectivity index is 2.29. The normalized spacial score (nSPS) is 24.3. The predicted molar refractivity (Wildman–Crippen MR) is 85.7 cm³/mol. The monoisotopic (exact) mass is 320 g/mol. The van der Waals surface area contributed by atoms with E-state index in [1.165, 1.54) is 6.92 Å². The lowest BCUT2D eigenvalue weighted by molar-refractivity contribution is -0.145. The molecule has 3 N–H and O–H groups in total. The zero-order chi connectivity index (χ0) is 17.4. The fourth-order valence-corrected chi connectivity index (χ4v) is 3.71. The molecule has 1 fully saturated rings. The third-order valence-corrected chi connectivity index (χ3v) is 4.92. The van der Waals surface area contributed by atoms with E-state index < -0.39 is 17.4 Å².